The number of aryl methyl sites for hydroxylation is 1. The predicted octanol–water partition coefficient (Wildman–Crippen LogP) is 5.35. The minimum Gasteiger partial charge on any atom is -0.494 e. The van der Waals surface area contributed by atoms with Crippen molar-refractivity contribution in [2.24, 2.45) is 0 Å². The molecule has 1 amide bonds. The molecule has 31 heavy (non-hydrogen) atoms. The quantitative estimate of drug-likeness (QED) is 0.476. The molecule has 0 radical (unpaired) electrons. The van der Waals surface area contributed by atoms with Gasteiger partial charge in [-0.25, -0.2) is 8.42 Å². The zero-order chi connectivity index (χ0) is 22.4. The van der Waals surface area contributed by atoms with E-state index in [-0.39, 0.29) is 15.5 Å². The number of anilines is 2. The Morgan fingerprint density at radius 3 is 2.39 bits per heavy atom. The van der Waals surface area contributed by atoms with Crippen molar-refractivity contribution in [3.63, 3.8) is 0 Å². The molecule has 0 saturated heterocycles. The summed E-state index contributed by atoms with van der Waals surface area (Å²) in [4.78, 5) is 12.6. The second-order valence-electron chi connectivity index (χ2n) is 6.67. The third kappa shape index (κ3) is 5.57. The molecule has 0 heterocycles. The number of sulfonamides is 1. The molecule has 3 rings (SSSR count). The van der Waals surface area contributed by atoms with Crippen LogP contribution in [-0.2, 0) is 16.4 Å². The van der Waals surface area contributed by atoms with Crippen molar-refractivity contribution >= 4 is 38.9 Å². The van der Waals surface area contributed by atoms with Gasteiger partial charge in [-0.15, -0.1) is 0 Å². The molecule has 0 aromatic heterocycles. The van der Waals surface area contributed by atoms with E-state index in [0.717, 1.165) is 12.0 Å². The molecular formula is C23H23ClN2O4S. The second-order valence-corrected chi connectivity index (χ2v) is 8.73. The summed E-state index contributed by atoms with van der Waals surface area (Å²) in [6.45, 7) is 4.37. The number of hydrogen-bond acceptors (Lipinski definition) is 4. The van der Waals surface area contributed by atoms with Crippen molar-refractivity contribution in [2.45, 2.75) is 25.2 Å². The van der Waals surface area contributed by atoms with Crippen molar-refractivity contribution in [2.75, 3.05) is 16.6 Å². The molecular weight excluding hydrogens is 436 g/mol. The van der Waals surface area contributed by atoms with Crippen LogP contribution in [0.3, 0.4) is 0 Å². The summed E-state index contributed by atoms with van der Waals surface area (Å²) in [7, 11) is -4.01. The largest absolute Gasteiger partial charge is 0.494 e. The number of carbonyl (C=O) groups excluding carboxylic acids is 1. The number of halogens is 1. The lowest BCUT2D eigenvalue weighted by Crippen LogP contribution is -2.17. The summed E-state index contributed by atoms with van der Waals surface area (Å²) in [5, 5.41) is 2.85. The van der Waals surface area contributed by atoms with E-state index in [1.165, 1.54) is 18.2 Å². The maximum Gasteiger partial charge on any atom is 0.263 e. The van der Waals surface area contributed by atoms with Crippen LogP contribution in [0, 0.1) is 0 Å². The Bertz CT molecular complexity index is 1180. The average molecular weight is 459 g/mol. The molecule has 3 aromatic carbocycles. The summed E-state index contributed by atoms with van der Waals surface area (Å²) < 4.78 is 33.7. The summed E-state index contributed by atoms with van der Waals surface area (Å²) >= 11 is 6.16. The van der Waals surface area contributed by atoms with E-state index in [4.69, 9.17) is 16.3 Å². The molecule has 0 aliphatic carbocycles. The molecule has 3 aromatic rings. The van der Waals surface area contributed by atoms with Gasteiger partial charge in [0, 0.05) is 16.9 Å². The van der Waals surface area contributed by atoms with Gasteiger partial charge in [0.15, 0.2) is 0 Å². The monoisotopic (exact) mass is 458 g/mol. The summed E-state index contributed by atoms with van der Waals surface area (Å²) in [6, 6.07) is 18.1. The maximum atomic E-state index is 12.9. The molecule has 0 fully saturated rings. The smallest absolute Gasteiger partial charge is 0.263 e. The van der Waals surface area contributed by atoms with Crippen LogP contribution >= 0.6 is 11.6 Å². The third-order valence-corrected chi connectivity index (χ3v) is 6.41. The normalized spacial score (nSPS) is 11.1. The predicted molar refractivity (Wildman–Crippen MR) is 124 cm³/mol. The van der Waals surface area contributed by atoms with Crippen LogP contribution in [0.25, 0.3) is 0 Å². The lowest BCUT2D eigenvalue weighted by Gasteiger charge is -2.13. The average Bonchev–Trinajstić information content (AvgIpc) is 2.75. The topological polar surface area (TPSA) is 84.5 Å². The lowest BCUT2D eigenvalue weighted by molar-refractivity contribution is 0.102. The number of carbonyl (C=O) groups is 1. The summed E-state index contributed by atoms with van der Waals surface area (Å²) in [5.41, 5.74) is 2.20. The third-order valence-electron chi connectivity index (χ3n) is 4.55. The fourth-order valence-corrected chi connectivity index (χ4v) is 4.58. The van der Waals surface area contributed by atoms with Gasteiger partial charge in [0.25, 0.3) is 15.9 Å². The first-order valence-electron chi connectivity index (χ1n) is 9.78. The highest BCUT2D eigenvalue weighted by molar-refractivity contribution is 7.92. The molecule has 0 atom stereocenters. The van der Waals surface area contributed by atoms with Crippen LogP contribution in [-0.4, -0.2) is 20.9 Å². The van der Waals surface area contributed by atoms with E-state index in [1.807, 2.05) is 32.0 Å². The van der Waals surface area contributed by atoms with Gasteiger partial charge in [-0.3, -0.25) is 9.52 Å². The highest BCUT2D eigenvalue weighted by atomic mass is 35.5. The van der Waals surface area contributed by atoms with Gasteiger partial charge in [-0.05, 0) is 67.4 Å². The van der Waals surface area contributed by atoms with Crippen LogP contribution in [0.2, 0.25) is 5.02 Å². The zero-order valence-corrected chi connectivity index (χ0v) is 18.8. The van der Waals surface area contributed by atoms with Crippen LogP contribution < -0.4 is 14.8 Å². The molecule has 0 aliphatic heterocycles. The highest BCUT2D eigenvalue weighted by Gasteiger charge is 2.21. The molecule has 162 valence electrons. The molecule has 0 spiro atoms. The van der Waals surface area contributed by atoms with Gasteiger partial charge < -0.3 is 10.1 Å². The summed E-state index contributed by atoms with van der Waals surface area (Å²) in [5.74, 6) is 0.213. The number of benzene rings is 3. The number of nitrogens with one attached hydrogen (secondary N) is 2. The number of amides is 1. The molecule has 8 heteroatoms. The van der Waals surface area contributed by atoms with Gasteiger partial charge >= 0.3 is 0 Å². The maximum absolute atomic E-state index is 12.9. The fourth-order valence-electron chi connectivity index (χ4n) is 2.99. The Morgan fingerprint density at radius 2 is 1.71 bits per heavy atom. The van der Waals surface area contributed by atoms with E-state index >= 15 is 0 Å². The molecule has 0 saturated carbocycles. The van der Waals surface area contributed by atoms with E-state index in [9.17, 15) is 13.2 Å². The Balaban J connectivity index is 1.84. The minimum atomic E-state index is -4.01. The first-order valence-corrected chi connectivity index (χ1v) is 11.6. The van der Waals surface area contributed by atoms with Crippen LogP contribution in [0.5, 0.6) is 5.75 Å². The van der Waals surface area contributed by atoms with E-state index < -0.39 is 15.9 Å². The Labute approximate surface area is 187 Å². The van der Waals surface area contributed by atoms with Crippen molar-refractivity contribution in [1.29, 1.82) is 0 Å². The van der Waals surface area contributed by atoms with Gasteiger partial charge in [-0.2, -0.15) is 0 Å². The number of rotatable bonds is 8. The number of hydrogen-bond donors (Lipinski definition) is 2. The molecule has 2 N–H and O–H groups in total. The number of ether oxygens (including phenoxy) is 1. The van der Waals surface area contributed by atoms with Crippen molar-refractivity contribution in [1.82, 2.24) is 0 Å². The summed E-state index contributed by atoms with van der Waals surface area (Å²) in [6.07, 6.45) is 0.753. The lowest BCUT2D eigenvalue weighted by atomic mass is 10.1. The molecule has 0 unspecified atom stereocenters. The molecule has 0 aliphatic rings. The first-order chi connectivity index (χ1) is 14.8. The standard InChI is InChI=1S/C23H23ClN2O4S/c1-3-16-7-5-6-8-21(16)25-23(27)17-9-14-20(24)22(15-17)31(28,29)26-18-10-12-19(13-11-18)30-4-2/h5-15,26H,3-4H2,1-2H3,(H,25,27). The van der Waals surface area contributed by atoms with E-state index in [2.05, 4.69) is 10.0 Å². The van der Waals surface area contributed by atoms with Crippen LogP contribution in [0.1, 0.15) is 29.8 Å². The van der Waals surface area contributed by atoms with E-state index in [0.29, 0.717) is 23.7 Å². The van der Waals surface area contributed by atoms with Gasteiger partial charge in [0.1, 0.15) is 10.6 Å². The van der Waals surface area contributed by atoms with Crippen molar-refractivity contribution < 1.29 is 17.9 Å². The Morgan fingerprint density at radius 1 is 1.00 bits per heavy atom. The van der Waals surface area contributed by atoms with Crippen molar-refractivity contribution in [3.05, 3.63) is 82.9 Å². The van der Waals surface area contributed by atoms with Gasteiger partial charge in [0.2, 0.25) is 0 Å². The number of para-hydroxylation sites is 1. The molecule has 0 bridgehead atoms. The Hall–Kier alpha value is -3.03. The highest BCUT2D eigenvalue weighted by Crippen LogP contribution is 2.27. The first kappa shape index (κ1) is 22.7. The SMILES string of the molecule is CCOc1ccc(NS(=O)(=O)c2cc(C(=O)Nc3ccccc3CC)ccc2Cl)cc1. The van der Waals surface area contributed by atoms with Crippen LogP contribution in [0.15, 0.2) is 71.6 Å². The Kier molecular flexibility index (Phi) is 7.20. The minimum absolute atomic E-state index is 0.0175. The van der Waals surface area contributed by atoms with Crippen molar-refractivity contribution in [3.8, 4) is 5.75 Å². The van der Waals surface area contributed by atoms with E-state index in [1.54, 1.807) is 30.3 Å². The van der Waals surface area contributed by atoms with Gasteiger partial charge in [-0.1, -0.05) is 36.7 Å². The fraction of sp³-hybridized carbons (Fsp3) is 0.174. The molecule has 6 nitrogen and oxygen atoms in total. The zero-order valence-electron chi connectivity index (χ0n) is 17.2. The van der Waals surface area contributed by atoms with Crippen LogP contribution in [0.4, 0.5) is 11.4 Å². The van der Waals surface area contributed by atoms with Gasteiger partial charge in [0.05, 0.1) is 11.6 Å². The second kappa shape index (κ2) is 9.85.